The maximum absolute atomic E-state index is 13.3. The summed E-state index contributed by atoms with van der Waals surface area (Å²) in [5.41, 5.74) is -1.60. The highest BCUT2D eigenvalue weighted by Gasteiger charge is 2.33. The van der Waals surface area contributed by atoms with E-state index >= 15 is 0 Å². The number of imidazole rings is 1. The summed E-state index contributed by atoms with van der Waals surface area (Å²) in [4.78, 5) is 25.9. The van der Waals surface area contributed by atoms with Gasteiger partial charge >= 0.3 is 12.1 Å². The summed E-state index contributed by atoms with van der Waals surface area (Å²) in [6.07, 6.45) is -1.51. The van der Waals surface area contributed by atoms with E-state index in [-0.39, 0.29) is 39.6 Å². The second-order valence-electron chi connectivity index (χ2n) is 8.72. The van der Waals surface area contributed by atoms with Crippen LogP contribution >= 0.6 is 0 Å². The summed E-state index contributed by atoms with van der Waals surface area (Å²) in [7, 11) is -5.79. The van der Waals surface area contributed by atoms with Crippen LogP contribution in [-0.2, 0) is 32.8 Å². The van der Waals surface area contributed by atoms with Crippen molar-refractivity contribution in [1.29, 1.82) is 0 Å². The third-order valence-electron chi connectivity index (χ3n) is 6.08. The maximum atomic E-state index is 13.3. The Morgan fingerprint density at radius 2 is 1.75 bits per heavy atom. The summed E-state index contributed by atoms with van der Waals surface area (Å²) in [6, 6.07) is 10.2. The largest absolute Gasteiger partial charge is 0.417 e. The minimum Gasteiger partial charge on any atom is -0.312 e. The van der Waals surface area contributed by atoms with Crippen LogP contribution in [0.4, 0.5) is 13.2 Å². The van der Waals surface area contributed by atoms with Crippen LogP contribution in [0.15, 0.2) is 69.1 Å². The highest BCUT2D eigenvalue weighted by Crippen LogP contribution is 2.35. The fraction of sp³-hybridized carbons (Fsp3) is 0.208. The van der Waals surface area contributed by atoms with Crippen molar-refractivity contribution in [2.24, 2.45) is 11.4 Å². The van der Waals surface area contributed by atoms with Crippen LogP contribution in [0.1, 0.15) is 23.0 Å². The van der Waals surface area contributed by atoms with Crippen LogP contribution in [0, 0.1) is 0 Å². The molecule has 0 radical (unpaired) electrons. The topological polar surface area (TPSA) is 142 Å². The minimum absolute atomic E-state index is 0.0537. The van der Waals surface area contributed by atoms with E-state index in [0.29, 0.717) is 11.1 Å². The molecule has 0 aliphatic carbocycles. The Hall–Kier alpha value is -4.18. The predicted octanol–water partition coefficient (Wildman–Crippen LogP) is 3.79. The Labute approximate surface area is 225 Å². The molecule has 1 unspecified atom stereocenters. The summed E-state index contributed by atoms with van der Waals surface area (Å²) >= 11 is 0. The summed E-state index contributed by atoms with van der Waals surface area (Å²) < 4.78 is 85.4. The molecule has 0 N–H and O–H groups in total. The quantitative estimate of drug-likeness (QED) is 0.301. The van der Waals surface area contributed by atoms with Gasteiger partial charge in [-0.05, 0) is 24.3 Å². The van der Waals surface area contributed by atoms with Crippen LogP contribution in [0.25, 0.3) is 28.2 Å². The van der Waals surface area contributed by atoms with Gasteiger partial charge < -0.3 is 4.57 Å². The molecular weight excluding hydrogens is 571 g/mol. The van der Waals surface area contributed by atoms with Crippen LogP contribution < -0.4 is 0 Å². The Morgan fingerprint density at radius 1 is 1.05 bits per heavy atom. The molecule has 4 aromatic heterocycles. The lowest BCUT2D eigenvalue weighted by atomic mass is 10.2. The summed E-state index contributed by atoms with van der Waals surface area (Å²) in [6.45, 7) is 1.39. The van der Waals surface area contributed by atoms with E-state index in [4.69, 9.17) is 0 Å². The number of hydrogen-bond donors (Lipinski definition) is 0. The zero-order chi connectivity index (χ0) is 29.0. The number of aryl methyl sites for hydroxylation is 1. The van der Waals surface area contributed by atoms with Crippen molar-refractivity contribution in [2.45, 2.75) is 23.0 Å². The molecule has 5 rings (SSSR count). The molecule has 0 aliphatic rings. The number of hydrogen-bond acceptors (Lipinski definition) is 8. The molecule has 0 saturated carbocycles. The smallest absolute Gasteiger partial charge is 0.312 e. The van der Waals surface area contributed by atoms with E-state index in [9.17, 15) is 30.6 Å². The monoisotopic (exact) mass is 591 g/mol. The van der Waals surface area contributed by atoms with Crippen molar-refractivity contribution < 1.29 is 30.6 Å². The maximum Gasteiger partial charge on any atom is 0.417 e. The van der Waals surface area contributed by atoms with E-state index in [1.807, 2.05) is 0 Å². The van der Waals surface area contributed by atoms with Gasteiger partial charge in [-0.3, -0.25) is 4.79 Å². The molecule has 0 bridgehead atoms. The Morgan fingerprint density at radius 3 is 2.40 bits per heavy atom. The average molecular weight is 592 g/mol. The Bertz CT molecular complexity index is 2040. The van der Waals surface area contributed by atoms with Gasteiger partial charge in [0.1, 0.15) is 22.6 Å². The standard InChI is InChI=1S/C24H20F3N7O4S2/c1-4-40(37,38)23-18(21-30-16-12-14(24(25,26)27)13-29-19(16)33(21)2)20-28-11-10-17(34(20)31-23)22(35)32-39(3,36)15-8-6-5-7-9-15/h5-13H,4H2,1-3H3. The molecule has 40 heavy (non-hydrogen) atoms. The van der Waals surface area contributed by atoms with Gasteiger partial charge in [0.25, 0.3) is 0 Å². The van der Waals surface area contributed by atoms with Gasteiger partial charge in [-0.25, -0.2) is 32.1 Å². The first kappa shape index (κ1) is 27.4. The first-order valence-electron chi connectivity index (χ1n) is 11.6. The van der Waals surface area contributed by atoms with Crippen LogP contribution in [0.3, 0.4) is 0 Å². The first-order valence-corrected chi connectivity index (χ1v) is 15.1. The fourth-order valence-electron chi connectivity index (χ4n) is 4.02. The number of halogens is 3. The van der Waals surface area contributed by atoms with Gasteiger partial charge in [0.2, 0.25) is 0 Å². The lowest BCUT2D eigenvalue weighted by Crippen LogP contribution is -2.10. The number of pyridine rings is 1. The number of aromatic nitrogens is 6. The van der Waals surface area contributed by atoms with Gasteiger partial charge in [-0.2, -0.15) is 22.6 Å². The molecule has 1 amide bonds. The van der Waals surface area contributed by atoms with Crippen molar-refractivity contribution >= 4 is 42.3 Å². The predicted molar refractivity (Wildman–Crippen MR) is 139 cm³/mol. The molecular formula is C24H20F3N7O4S2. The molecule has 4 heterocycles. The molecule has 5 aromatic rings. The molecule has 1 atom stereocenters. The minimum atomic E-state index is -4.67. The summed E-state index contributed by atoms with van der Waals surface area (Å²) in [5, 5.41) is 3.67. The van der Waals surface area contributed by atoms with Crippen LogP contribution in [-0.4, -0.2) is 59.7 Å². The van der Waals surface area contributed by atoms with Crippen molar-refractivity contribution in [3.8, 4) is 11.4 Å². The number of carbonyl (C=O) groups is 1. The molecule has 11 nitrogen and oxygen atoms in total. The Balaban J connectivity index is 1.77. The number of alkyl halides is 3. The number of rotatable bonds is 5. The van der Waals surface area contributed by atoms with E-state index in [2.05, 4.69) is 24.4 Å². The fourth-order valence-corrected chi connectivity index (χ4v) is 6.17. The third-order valence-corrected chi connectivity index (χ3v) is 9.37. The van der Waals surface area contributed by atoms with E-state index in [1.165, 1.54) is 37.1 Å². The second-order valence-corrected chi connectivity index (χ2v) is 13.2. The first-order chi connectivity index (χ1) is 18.7. The van der Waals surface area contributed by atoms with Crippen molar-refractivity contribution in [3.63, 3.8) is 0 Å². The van der Waals surface area contributed by atoms with Crippen molar-refractivity contribution in [3.05, 3.63) is 66.1 Å². The number of amides is 1. The van der Waals surface area contributed by atoms with Gasteiger partial charge in [0.15, 0.2) is 26.2 Å². The summed E-state index contributed by atoms with van der Waals surface area (Å²) in [5.74, 6) is -1.41. The molecule has 208 valence electrons. The lowest BCUT2D eigenvalue weighted by Gasteiger charge is -2.05. The van der Waals surface area contributed by atoms with E-state index < -0.39 is 42.2 Å². The second kappa shape index (κ2) is 9.48. The average Bonchev–Trinajstić information content (AvgIpc) is 3.46. The van der Waals surface area contributed by atoms with Crippen LogP contribution in [0.2, 0.25) is 0 Å². The highest BCUT2D eigenvalue weighted by molar-refractivity contribution is 7.93. The molecule has 1 aromatic carbocycles. The third kappa shape index (κ3) is 4.62. The number of carbonyl (C=O) groups excluding carboxylic acids is 1. The van der Waals surface area contributed by atoms with E-state index in [0.717, 1.165) is 10.6 Å². The SMILES string of the molecule is CCS(=O)(=O)c1nn2c(C(=O)N=S(C)(=O)c3ccccc3)ccnc2c1-c1nc2cc(C(F)(F)F)cnc2n1C. The molecule has 0 saturated heterocycles. The van der Waals surface area contributed by atoms with Gasteiger partial charge in [0, 0.05) is 30.6 Å². The number of sulfone groups is 1. The number of fused-ring (bicyclic) bond motifs is 2. The van der Waals surface area contributed by atoms with Gasteiger partial charge in [0.05, 0.1) is 21.0 Å². The lowest BCUT2D eigenvalue weighted by molar-refractivity contribution is -0.137. The number of nitrogens with zero attached hydrogens (tertiary/aromatic N) is 7. The molecule has 16 heteroatoms. The number of benzene rings is 1. The highest BCUT2D eigenvalue weighted by atomic mass is 32.2. The normalized spacial score (nSPS) is 13.9. The zero-order valence-electron chi connectivity index (χ0n) is 21.1. The van der Waals surface area contributed by atoms with E-state index in [1.54, 1.807) is 30.3 Å². The zero-order valence-corrected chi connectivity index (χ0v) is 22.8. The van der Waals surface area contributed by atoms with Gasteiger partial charge in [-0.15, -0.1) is 0 Å². The Kier molecular flexibility index (Phi) is 6.49. The van der Waals surface area contributed by atoms with Gasteiger partial charge in [-0.1, -0.05) is 25.1 Å². The molecule has 0 fully saturated rings. The van der Waals surface area contributed by atoms with Crippen molar-refractivity contribution in [1.82, 2.24) is 29.1 Å². The molecule has 0 aliphatic heterocycles. The van der Waals surface area contributed by atoms with Crippen LogP contribution in [0.5, 0.6) is 0 Å². The molecule has 0 spiro atoms. The van der Waals surface area contributed by atoms with Crippen molar-refractivity contribution in [2.75, 3.05) is 12.0 Å².